The van der Waals surface area contributed by atoms with Crippen LogP contribution in [0.15, 0.2) is 12.1 Å². The minimum Gasteiger partial charge on any atom is -0.425 e. The number of aryl methyl sites for hydroxylation is 2. The maximum absolute atomic E-state index is 13.1. The van der Waals surface area contributed by atoms with Crippen molar-refractivity contribution in [3.05, 3.63) is 28.8 Å². The number of nitrogens with zero attached hydrogens (tertiary/aromatic N) is 1. The van der Waals surface area contributed by atoms with E-state index in [1.807, 2.05) is 33.8 Å². The van der Waals surface area contributed by atoms with Gasteiger partial charge in [0.2, 0.25) is 0 Å². The van der Waals surface area contributed by atoms with Gasteiger partial charge in [-0.05, 0) is 78.1 Å². The Bertz CT molecular complexity index is 728. The van der Waals surface area contributed by atoms with Crippen molar-refractivity contribution in [2.45, 2.75) is 91.6 Å². The molecule has 0 aromatic heterocycles. The first-order valence-electron chi connectivity index (χ1n) is 9.92. The number of carbonyl (C=O) groups is 2. The van der Waals surface area contributed by atoms with Gasteiger partial charge in [0.25, 0.3) is 0 Å². The molecule has 1 aromatic rings. The Labute approximate surface area is 164 Å². The fourth-order valence-corrected chi connectivity index (χ4v) is 4.58. The Balaban J connectivity index is 2.38. The number of likely N-dealkylation sites (tertiary alicyclic amines) is 1. The molecule has 1 unspecified atom stereocenters. The molecule has 2 rings (SSSR count). The lowest BCUT2D eigenvalue weighted by Gasteiger charge is -2.36. The summed E-state index contributed by atoms with van der Waals surface area (Å²) in [7, 11) is 0. The maximum atomic E-state index is 13.1. The van der Waals surface area contributed by atoms with Crippen LogP contribution in [0.4, 0.5) is 0 Å². The van der Waals surface area contributed by atoms with Crippen LogP contribution in [0.2, 0.25) is 0 Å². The van der Waals surface area contributed by atoms with Crippen LogP contribution in [-0.2, 0) is 15.0 Å². The Morgan fingerprint density at radius 2 is 1.78 bits per heavy atom. The molecular formula is C23H35NO3. The van der Waals surface area contributed by atoms with E-state index in [9.17, 15) is 9.59 Å². The summed E-state index contributed by atoms with van der Waals surface area (Å²) in [4.78, 5) is 27.1. The van der Waals surface area contributed by atoms with E-state index in [0.717, 1.165) is 36.1 Å². The number of ether oxygens (including phenoxy) is 1. The molecule has 4 heteroatoms. The zero-order chi connectivity index (χ0) is 20.6. The van der Waals surface area contributed by atoms with Gasteiger partial charge >= 0.3 is 5.97 Å². The smallest absolute Gasteiger partial charge is 0.328 e. The molecule has 1 atom stereocenters. The highest BCUT2D eigenvalue weighted by Gasteiger charge is 2.39. The second-order valence-electron chi connectivity index (χ2n) is 9.66. The summed E-state index contributed by atoms with van der Waals surface area (Å²) >= 11 is 0. The molecule has 1 aliphatic rings. The van der Waals surface area contributed by atoms with Crippen LogP contribution < -0.4 is 4.74 Å². The first-order valence-corrected chi connectivity index (χ1v) is 9.92. The molecule has 0 radical (unpaired) electrons. The molecule has 0 bridgehead atoms. The van der Waals surface area contributed by atoms with Crippen molar-refractivity contribution < 1.29 is 14.3 Å². The van der Waals surface area contributed by atoms with Crippen LogP contribution in [0.1, 0.15) is 77.5 Å². The van der Waals surface area contributed by atoms with Crippen molar-refractivity contribution in [2.24, 2.45) is 0 Å². The largest absolute Gasteiger partial charge is 0.425 e. The average Bonchev–Trinajstić information content (AvgIpc) is 2.93. The molecule has 27 heavy (non-hydrogen) atoms. The van der Waals surface area contributed by atoms with Crippen LogP contribution in [0.25, 0.3) is 0 Å². The lowest BCUT2D eigenvalue weighted by atomic mass is 9.77. The summed E-state index contributed by atoms with van der Waals surface area (Å²) in [5, 5.41) is 0. The SMILES string of the molecule is CC(=O)CC(C)(C)c1c(C)cc(C)cc1OC(=O)C1CCCN1C(C)(C)C. The summed E-state index contributed by atoms with van der Waals surface area (Å²) in [6.45, 7) is 17.0. The number of esters is 1. The van der Waals surface area contributed by atoms with Gasteiger partial charge in [0, 0.05) is 22.9 Å². The summed E-state index contributed by atoms with van der Waals surface area (Å²) < 4.78 is 5.99. The van der Waals surface area contributed by atoms with E-state index in [1.165, 1.54) is 0 Å². The van der Waals surface area contributed by atoms with Gasteiger partial charge in [-0.3, -0.25) is 9.69 Å². The Kier molecular flexibility index (Phi) is 6.20. The molecule has 1 aromatic carbocycles. The molecule has 0 saturated carbocycles. The fraction of sp³-hybridized carbons (Fsp3) is 0.652. The van der Waals surface area contributed by atoms with Crippen LogP contribution in [0.5, 0.6) is 5.75 Å². The summed E-state index contributed by atoms with van der Waals surface area (Å²) in [5.74, 6) is 0.545. The predicted octanol–water partition coefficient (Wildman–Crippen LogP) is 4.73. The van der Waals surface area contributed by atoms with Gasteiger partial charge in [-0.15, -0.1) is 0 Å². The minimum atomic E-state index is -0.390. The molecule has 1 saturated heterocycles. The van der Waals surface area contributed by atoms with Crippen LogP contribution in [0, 0.1) is 13.8 Å². The zero-order valence-electron chi connectivity index (χ0n) is 18.2. The van der Waals surface area contributed by atoms with E-state index in [1.54, 1.807) is 6.92 Å². The van der Waals surface area contributed by atoms with Crippen LogP contribution >= 0.6 is 0 Å². The number of rotatable bonds is 5. The van der Waals surface area contributed by atoms with Crippen molar-refractivity contribution >= 4 is 11.8 Å². The quantitative estimate of drug-likeness (QED) is 0.553. The van der Waals surface area contributed by atoms with E-state index in [4.69, 9.17) is 4.74 Å². The molecule has 4 nitrogen and oxygen atoms in total. The first-order chi connectivity index (χ1) is 12.3. The molecule has 150 valence electrons. The average molecular weight is 374 g/mol. The molecular weight excluding hydrogens is 338 g/mol. The predicted molar refractivity (Wildman–Crippen MR) is 109 cm³/mol. The van der Waals surface area contributed by atoms with Crippen molar-refractivity contribution in [3.8, 4) is 5.75 Å². The third-order valence-corrected chi connectivity index (χ3v) is 5.41. The lowest BCUT2D eigenvalue weighted by molar-refractivity contribution is -0.141. The summed E-state index contributed by atoms with van der Waals surface area (Å²) in [6.07, 6.45) is 2.25. The number of hydrogen-bond acceptors (Lipinski definition) is 4. The number of Topliss-reactive ketones (excluding diaryl/α,β-unsaturated/α-hetero) is 1. The highest BCUT2D eigenvalue weighted by atomic mass is 16.5. The lowest BCUT2D eigenvalue weighted by Crippen LogP contribution is -2.49. The van der Waals surface area contributed by atoms with Gasteiger partial charge in [0.1, 0.15) is 17.6 Å². The van der Waals surface area contributed by atoms with E-state index in [0.29, 0.717) is 12.2 Å². The molecule has 0 N–H and O–H groups in total. The monoisotopic (exact) mass is 373 g/mol. The number of benzene rings is 1. The Morgan fingerprint density at radius 1 is 1.15 bits per heavy atom. The van der Waals surface area contributed by atoms with Gasteiger partial charge in [0.15, 0.2) is 0 Å². The van der Waals surface area contributed by atoms with Crippen molar-refractivity contribution in [1.82, 2.24) is 4.90 Å². The molecule has 0 amide bonds. The molecule has 1 fully saturated rings. The summed E-state index contributed by atoms with van der Waals surface area (Å²) in [5.41, 5.74) is 2.61. The maximum Gasteiger partial charge on any atom is 0.328 e. The normalized spacial score (nSPS) is 18.6. The van der Waals surface area contributed by atoms with Crippen LogP contribution in [0.3, 0.4) is 0 Å². The highest BCUT2D eigenvalue weighted by molar-refractivity contribution is 5.80. The molecule has 0 aliphatic carbocycles. The Morgan fingerprint density at radius 3 is 2.33 bits per heavy atom. The zero-order valence-corrected chi connectivity index (χ0v) is 18.2. The molecule has 1 heterocycles. The highest BCUT2D eigenvalue weighted by Crippen LogP contribution is 2.39. The second-order valence-corrected chi connectivity index (χ2v) is 9.66. The molecule has 1 aliphatic heterocycles. The van der Waals surface area contributed by atoms with E-state index in [-0.39, 0.29) is 23.3 Å². The van der Waals surface area contributed by atoms with E-state index < -0.39 is 5.41 Å². The Hall–Kier alpha value is -1.68. The summed E-state index contributed by atoms with van der Waals surface area (Å²) in [6, 6.07) is 3.80. The van der Waals surface area contributed by atoms with Gasteiger partial charge in [0.05, 0.1) is 0 Å². The second kappa shape index (κ2) is 7.75. The van der Waals surface area contributed by atoms with E-state index in [2.05, 4.69) is 31.7 Å². The van der Waals surface area contributed by atoms with Gasteiger partial charge in [-0.2, -0.15) is 0 Å². The number of ketones is 1. The first kappa shape index (κ1) is 21.6. The van der Waals surface area contributed by atoms with Gasteiger partial charge < -0.3 is 4.74 Å². The van der Waals surface area contributed by atoms with E-state index >= 15 is 0 Å². The number of carbonyl (C=O) groups excluding carboxylic acids is 2. The van der Waals surface area contributed by atoms with Gasteiger partial charge in [-0.25, -0.2) is 4.79 Å². The molecule has 0 spiro atoms. The van der Waals surface area contributed by atoms with Crippen molar-refractivity contribution in [3.63, 3.8) is 0 Å². The fourth-order valence-electron chi connectivity index (χ4n) is 4.58. The van der Waals surface area contributed by atoms with Gasteiger partial charge in [-0.1, -0.05) is 19.9 Å². The third-order valence-electron chi connectivity index (χ3n) is 5.41. The van der Waals surface area contributed by atoms with Crippen molar-refractivity contribution in [1.29, 1.82) is 0 Å². The number of hydrogen-bond donors (Lipinski definition) is 0. The van der Waals surface area contributed by atoms with Crippen LogP contribution in [-0.4, -0.2) is 34.8 Å². The topological polar surface area (TPSA) is 46.6 Å². The standard InChI is InChI=1S/C23H35NO3/c1-15-12-16(2)20(23(7,8)14-17(3)25)19(13-15)27-21(26)18-10-9-11-24(18)22(4,5)6/h12-13,18H,9-11,14H2,1-8H3. The third kappa shape index (κ3) is 4.98. The minimum absolute atomic E-state index is 0.0700. The van der Waals surface area contributed by atoms with Crippen molar-refractivity contribution in [2.75, 3.05) is 6.54 Å².